The number of fused-ring (bicyclic) bond motifs is 5. The van der Waals surface area contributed by atoms with Crippen molar-refractivity contribution in [2.75, 3.05) is 13.1 Å². The lowest BCUT2D eigenvalue weighted by molar-refractivity contribution is -0.134. The van der Waals surface area contributed by atoms with Crippen molar-refractivity contribution < 1.29 is 9.59 Å². The molecule has 4 fully saturated rings. The summed E-state index contributed by atoms with van der Waals surface area (Å²) in [4.78, 5) is 24.6. The Labute approximate surface area is 157 Å². The highest BCUT2D eigenvalue weighted by molar-refractivity contribution is 5.79. The van der Waals surface area contributed by atoms with Crippen LogP contribution < -0.4 is 16.4 Å². The SMILES string of the molecule is C[C@H]1CC(=O)NC2CCC3C(C[C@H](C)C4C(C(=O)NCCN)CCC34)C21. The van der Waals surface area contributed by atoms with Gasteiger partial charge in [0.1, 0.15) is 0 Å². The first kappa shape index (κ1) is 18.3. The third kappa shape index (κ3) is 2.96. The molecular weight excluding hydrogens is 326 g/mol. The maximum Gasteiger partial charge on any atom is 0.223 e. The molecule has 0 aromatic rings. The predicted octanol–water partition coefficient (Wildman–Crippen LogP) is 1.91. The van der Waals surface area contributed by atoms with E-state index in [0.717, 1.165) is 24.7 Å². The van der Waals surface area contributed by atoms with Gasteiger partial charge in [-0.15, -0.1) is 0 Å². The minimum Gasteiger partial charge on any atom is -0.355 e. The lowest BCUT2D eigenvalue weighted by atomic mass is 9.52. The summed E-state index contributed by atoms with van der Waals surface area (Å²) in [6, 6.07) is 0.390. The van der Waals surface area contributed by atoms with Crippen LogP contribution in [-0.2, 0) is 9.59 Å². The Bertz CT molecular complexity index is 565. The number of carbonyl (C=O) groups excluding carboxylic acids is 2. The summed E-state index contributed by atoms with van der Waals surface area (Å²) in [6.45, 7) is 5.76. The van der Waals surface area contributed by atoms with Gasteiger partial charge in [0.2, 0.25) is 11.8 Å². The molecule has 1 heterocycles. The quantitative estimate of drug-likeness (QED) is 0.718. The first-order chi connectivity index (χ1) is 12.5. The Morgan fingerprint density at radius 1 is 1.08 bits per heavy atom. The Kier molecular flexibility index (Phi) is 5.02. The standard InChI is InChI=1S/C21H35N3O2/c1-11-9-16-13(5-6-17-20(16)12(2)10-18(25)24-17)14-3-4-15(19(11)14)21(26)23-8-7-22/h11-17,19-20H,3-10,22H2,1-2H3,(H,23,26)(H,24,25)/t11-,12-,13?,14?,15?,16?,17?,19?,20?/m0/s1. The van der Waals surface area contributed by atoms with Gasteiger partial charge in [-0.3, -0.25) is 9.59 Å². The second-order valence-electron chi connectivity index (χ2n) is 9.56. The maximum absolute atomic E-state index is 12.7. The van der Waals surface area contributed by atoms with Gasteiger partial charge < -0.3 is 16.4 Å². The number of piperidine rings is 1. The van der Waals surface area contributed by atoms with Crippen LogP contribution in [0.15, 0.2) is 0 Å². The van der Waals surface area contributed by atoms with Crippen molar-refractivity contribution in [3.63, 3.8) is 0 Å². The van der Waals surface area contributed by atoms with Gasteiger partial charge in [0.15, 0.2) is 0 Å². The highest BCUT2D eigenvalue weighted by Crippen LogP contribution is 2.59. The molecule has 3 saturated carbocycles. The molecule has 0 bridgehead atoms. The molecule has 0 aromatic heterocycles. The summed E-state index contributed by atoms with van der Waals surface area (Å²) in [6.07, 6.45) is 6.52. The normalized spacial score (nSPS) is 47.3. The number of carbonyl (C=O) groups is 2. The average molecular weight is 362 g/mol. The molecule has 9 atom stereocenters. The van der Waals surface area contributed by atoms with Crippen molar-refractivity contribution >= 4 is 11.8 Å². The Balaban J connectivity index is 1.52. The van der Waals surface area contributed by atoms with E-state index in [2.05, 4.69) is 24.5 Å². The average Bonchev–Trinajstić information content (AvgIpc) is 3.05. The van der Waals surface area contributed by atoms with Crippen molar-refractivity contribution in [1.82, 2.24) is 10.6 Å². The molecule has 26 heavy (non-hydrogen) atoms. The molecule has 5 nitrogen and oxygen atoms in total. The van der Waals surface area contributed by atoms with Crippen LogP contribution in [0.25, 0.3) is 0 Å². The largest absolute Gasteiger partial charge is 0.355 e. The topological polar surface area (TPSA) is 84.2 Å². The van der Waals surface area contributed by atoms with Crippen LogP contribution >= 0.6 is 0 Å². The molecular formula is C21H35N3O2. The minimum absolute atomic E-state index is 0.184. The smallest absolute Gasteiger partial charge is 0.223 e. The highest BCUT2D eigenvalue weighted by atomic mass is 16.2. The summed E-state index contributed by atoms with van der Waals surface area (Å²) in [5, 5.41) is 6.34. The van der Waals surface area contributed by atoms with E-state index < -0.39 is 0 Å². The maximum atomic E-state index is 12.7. The fraction of sp³-hybridized carbons (Fsp3) is 0.905. The first-order valence-corrected chi connectivity index (χ1v) is 10.8. The minimum atomic E-state index is 0.184. The number of hydrogen-bond acceptors (Lipinski definition) is 3. The van der Waals surface area contributed by atoms with Crippen molar-refractivity contribution in [3.8, 4) is 0 Å². The molecule has 5 heteroatoms. The van der Waals surface area contributed by atoms with Crippen LogP contribution in [0.3, 0.4) is 0 Å². The van der Waals surface area contributed by atoms with Crippen molar-refractivity contribution in [1.29, 1.82) is 0 Å². The summed E-state index contributed by atoms with van der Waals surface area (Å²) < 4.78 is 0. The highest BCUT2D eigenvalue weighted by Gasteiger charge is 2.56. The molecule has 4 N–H and O–H groups in total. The van der Waals surface area contributed by atoms with E-state index >= 15 is 0 Å². The van der Waals surface area contributed by atoms with Crippen LogP contribution in [-0.4, -0.2) is 30.9 Å². The summed E-state index contributed by atoms with van der Waals surface area (Å²) in [5.41, 5.74) is 5.56. The third-order valence-corrected chi connectivity index (χ3v) is 8.23. The molecule has 4 aliphatic rings. The lowest BCUT2D eigenvalue weighted by Crippen LogP contribution is -2.58. The lowest BCUT2D eigenvalue weighted by Gasteiger charge is -2.55. The zero-order chi connectivity index (χ0) is 18.4. The fourth-order valence-electron chi connectivity index (χ4n) is 7.50. The van der Waals surface area contributed by atoms with Crippen LogP contribution in [0.2, 0.25) is 0 Å². The second kappa shape index (κ2) is 7.14. The number of nitrogens with one attached hydrogen (secondary N) is 2. The Morgan fingerprint density at radius 2 is 1.85 bits per heavy atom. The summed E-state index contributed by atoms with van der Waals surface area (Å²) in [7, 11) is 0. The van der Waals surface area contributed by atoms with Gasteiger partial charge in [0.05, 0.1) is 0 Å². The molecule has 146 valence electrons. The van der Waals surface area contributed by atoms with Crippen molar-refractivity contribution in [2.24, 2.45) is 53.1 Å². The molecule has 3 aliphatic carbocycles. The molecule has 0 aromatic carbocycles. The number of amides is 2. The van der Waals surface area contributed by atoms with Crippen LogP contribution in [0.5, 0.6) is 0 Å². The summed E-state index contributed by atoms with van der Waals surface area (Å²) in [5.74, 6) is 5.12. The van der Waals surface area contributed by atoms with Gasteiger partial charge in [0.25, 0.3) is 0 Å². The van der Waals surface area contributed by atoms with Crippen LogP contribution in [0.1, 0.15) is 52.4 Å². The molecule has 1 saturated heterocycles. The molecule has 0 spiro atoms. The molecule has 0 radical (unpaired) electrons. The Morgan fingerprint density at radius 3 is 2.62 bits per heavy atom. The summed E-state index contributed by atoms with van der Waals surface area (Å²) >= 11 is 0. The number of nitrogens with two attached hydrogens (primary N) is 1. The fourth-order valence-corrected chi connectivity index (χ4v) is 7.50. The van der Waals surface area contributed by atoms with E-state index in [1.54, 1.807) is 0 Å². The molecule has 2 amide bonds. The van der Waals surface area contributed by atoms with Gasteiger partial charge in [-0.1, -0.05) is 13.8 Å². The van der Waals surface area contributed by atoms with Crippen LogP contribution in [0.4, 0.5) is 0 Å². The van der Waals surface area contributed by atoms with E-state index in [0.29, 0.717) is 55.1 Å². The van der Waals surface area contributed by atoms with E-state index in [1.807, 2.05) is 0 Å². The predicted molar refractivity (Wildman–Crippen MR) is 101 cm³/mol. The number of rotatable bonds is 3. The van der Waals surface area contributed by atoms with E-state index in [-0.39, 0.29) is 17.7 Å². The monoisotopic (exact) mass is 361 g/mol. The van der Waals surface area contributed by atoms with Crippen molar-refractivity contribution in [3.05, 3.63) is 0 Å². The zero-order valence-electron chi connectivity index (χ0n) is 16.2. The number of hydrogen-bond donors (Lipinski definition) is 3. The first-order valence-electron chi connectivity index (χ1n) is 10.8. The van der Waals surface area contributed by atoms with Crippen LogP contribution in [0, 0.1) is 47.3 Å². The van der Waals surface area contributed by atoms with Crippen molar-refractivity contribution in [2.45, 2.75) is 58.4 Å². The molecule has 1 aliphatic heterocycles. The van der Waals surface area contributed by atoms with Gasteiger partial charge in [-0.25, -0.2) is 0 Å². The van der Waals surface area contributed by atoms with E-state index in [1.165, 1.54) is 19.3 Å². The molecule has 4 rings (SSSR count). The third-order valence-electron chi connectivity index (χ3n) is 8.23. The van der Waals surface area contributed by atoms with Gasteiger partial charge in [-0.2, -0.15) is 0 Å². The van der Waals surface area contributed by atoms with E-state index in [4.69, 9.17) is 5.73 Å². The second-order valence-corrected chi connectivity index (χ2v) is 9.56. The van der Waals surface area contributed by atoms with Gasteiger partial charge in [-0.05, 0) is 73.5 Å². The van der Waals surface area contributed by atoms with Gasteiger partial charge >= 0.3 is 0 Å². The van der Waals surface area contributed by atoms with Gasteiger partial charge in [0, 0.05) is 31.5 Å². The van der Waals surface area contributed by atoms with E-state index in [9.17, 15) is 9.59 Å². The Hall–Kier alpha value is -1.10. The zero-order valence-corrected chi connectivity index (χ0v) is 16.2. The molecule has 7 unspecified atom stereocenters.